The van der Waals surface area contributed by atoms with Crippen LogP contribution in [0.5, 0.6) is 0 Å². The van der Waals surface area contributed by atoms with Crippen molar-refractivity contribution in [1.29, 1.82) is 0 Å². The number of carbonyl (C=O) groups is 1. The number of benzene rings is 1. The van der Waals surface area contributed by atoms with Crippen LogP contribution >= 0.6 is 24.0 Å². The molecule has 0 aliphatic heterocycles. The van der Waals surface area contributed by atoms with Crippen LogP contribution in [0, 0.1) is 11.2 Å². The molecule has 3 nitrogen and oxygen atoms in total. The van der Waals surface area contributed by atoms with Crippen LogP contribution in [0.25, 0.3) is 0 Å². The molecule has 2 N–H and O–H groups in total. The van der Waals surface area contributed by atoms with E-state index in [1.54, 1.807) is 0 Å². The molecule has 1 aromatic carbocycles. The fourth-order valence-corrected chi connectivity index (χ4v) is 2.01. The molecule has 0 aliphatic rings. The van der Waals surface area contributed by atoms with Crippen LogP contribution in [0.2, 0.25) is 5.02 Å². The van der Waals surface area contributed by atoms with Gasteiger partial charge in [0.1, 0.15) is 5.82 Å². The van der Waals surface area contributed by atoms with Crippen LogP contribution < -0.4 is 5.73 Å². The lowest BCUT2D eigenvalue weighted by atomic mass is 9.80. The maximum atomic E-state index is 14.0. The normalized spacial score (nSPS) is 13.3. The predicted octanol–water partition coefficient (Wildman–Crippen LogP) is 4.12. The Bertz CT molecular complexity index is 562. The number of esters is 1. The second-order valence-corrected chi connectivity index (χ2v) is 5.46. The maximum Gasteiger partial charge on any atom is 0.416 e. The smallest absolute Gasteiger partial charge is 0.416 e. The number of carbonyl (C=O) groups excluding carboxylic acids is 1. The third-order valence-electron chi connectivity index (χ3n) is 3.21. The average molecular weight is 364 g/mol. The quantitative estimate of drug-likeness (QED) is 0.649. The first-order valence-corrected chi connectivity index (χ1v) is 6.20. The van der Waals surface area contributed by atoms with Crippen molar-refractivity contribution in [3.8, 4) is 0 Å². The van der Waals surface area contributed by atoms with Crippen LogP contribution in [0.3, 0.4) is 0 Å². The second-order valence-electron chi connectivity index (χ2n) is 5.05. The van der Waals surface area contributed by atoms with E-state index in [-0.39, 0.29) is 12.4 Å². The molecule has 126 valence electrons. The molecular formula is C13H15Cl2F4NO2. The van der Waals surface area contributed by atoms with Crippen LogP contribution in [0.4, 0.5) is 17.6 Å². The van der Waals surface area contributed by atoms with E-state index in [2.05, 4.69) is 4.74 Å². The highest BCUT2D eigenvalue weighted by molar-refractivity contribution is 6.30. The first-order valence-electron chi connectivity index (χ1n) is 5.83. The van der Waals surface area contributed by atoms with Crippen molar-refractivity contribution < 1.29 is 27.1 Å². The third kappa shape index (κ3) is 4.02. The molecule has 0 unspecified atom stereocenters. The Hall–Kier alpha value is -1.05. The number of halogens is 6. The van der Waals surface area contributed by atoms with Crippen molar-refractivity contribution in [3.63, 3.8) is 0 Å². The highest BCUT2D eigenvalue weighted by Gasteiger charge is 2.40. The summed E-state index contributed by atoms with van der Waals surface area (Å²) in [6.45, 7) is 2.69. The monoisotopic (exact) mass is 363 g/mol. The lowest BCUT2D eigenvalue weighted by molar-refractivity contribution is -0.152. The summed E-state index contributed by atoms with van der Waals surface area (Å²) >= 11 is 5.49. The van der Waals surface area contributed by atoms with Crippen molar-refractivity contribution in [2.45, 2.75) is 26.1 Å². The van der Waals surface area contributed by atoms with E-state index in [0.29, 0.717) is 12.1 Å². The Morgan fingerprint density at radius 1 is 1.32 bits per heavy atom. The highest BCUT2D eigenvalue weighted by atomic mass is 35.5. The van der Waals surface area contributed by atoms with Gasteiger partial charge in [-0.3, -0.25) is 4.79 Å². The molecule has 0 saturated carbocycles. The Kier molecular flexibility index (Phi) is 6.68. The molecule has 1 aromatic rings. The molecule has 0 fully saturated rings. The summed E-state index contributed by atoms with van der Waals surface area (Å²) in [6, 6.07) is -0.334. The van der Waals surface area contributed by atoms with E-state index in [1.165, 1.54) is 13.8 Å². The van der Waals surface area contributed by atoms with Gasteiger partial charge in [0.15, 0.2) is 0 Å². The first kappa shape index (κ1) is 20.9. The SMILES string of the molecule is COC(=O)C(C)(C)[C@@H](N)c1cc(C(F)(F)F)cc(Cl)c1F.Cl. The molecule has 1 atom stereocenters. The molecule has 0 spiro atoms. The number of nitrogens with two attached hydrogens (primary N) is 1. The molecule has 0 aliphatic carbocycles. The summed E-state index contributed by atoms with van der Waals surface area (Å²) in [5, 5.41) is -0.712. The molecular weight excluding hydrogens is 349 g/mol. The maximum absolute atomic E-state index is 14.0. The number of hydrogen-bond acceptors (Lipinski definition) is 3. The minimum absolute atomic E-state index is 0. The zero-order chi connectivity index (χ0) is 16.6. The molecule has 0 heterocycles. The Labute approximate surface area is 136 Å². The fraction of sp³-hybridized carbons (Fsp3) is 0.462. The van der Waals surface area contributed by atoms with Gasteiger partial charge in [-0.1, -0.05) is 11.6 Å². The van der Waals surface area contributed by atoms with Gasteiger partial charge in [-0.25, -0.2) is 4.39 Å². The van der Waals surface area contributed by atoms with Gasteiger partial charge in [0, 0.05) is 11.6 Å². The van der Waals surface area contributed by atoms with E-state index in [1.807, 2.05) is 0 Å². The first-order chi connectivity index (χ1) is 9.42. The van der Waals surface area contributed by atoms with Crippen molar-refractivity contribution in [3.05, 3.63) is 34.1 Å². The number of hydrogen-bond donors (Lipinski definition) is 1. The molecule has 9 heteroatoms. The Balaban J connectivity index is 0.00000441. The molecule has 0 amide bonds. The summed E-state index contributed by atoms with van der Waals surface area (Å²) in [4.78, 5) is 11.6. The lowest BCUT2D eigenvalue weighted by Crippen LogP contribution is -2.38. The van der Waals surface area contributed by atoms with Crippen molar-refractivity contribution in [1.82, 2.24) is 0 Å². The zero-order valence-corrected chi connectivity index (χ0v) is 13.5. The lowest BCUT2D eigenvalue weighted by Gasteiger charge is -2.29. The average Bonchev–Trinajstić information content (AvgIpc) is 2.38. The van der Waals surface area contributed by atoms with Gasteiger partial charge in [0.25, 0.3) is 0 Å². The summed E-state index contributed by atoms with van der Waals surface area (Å²) < 4.78 is 56.8. The number of ether oxygens (including phenoxy) is 1. The Morgan fingerprint density at radius 3 is 2.23 bits per heavy atom. The largest absolute Gasteiger partial charge is 0.469 e. The standard InChI is InChI=1S/C13H14ClF4NO2.ClH/c1-12(2,11(20)21-3)10(19)7-4-6(13(16,17)18)5-8(14)9(7)15;/h4-5,10H,19H2,1-3H3;1H/t10-;/m0./s1. The summed E-state index contributed by atoms with van der Waals surface area (Å²) in [7, 11) is 1.10. The number of alkyl halides is 3. The van der Waals surface area contributed by atoms with Crippen molar-refractivity contribution in [2.24, 2.45) is 11.1 Å². The molecule has 0 saturated heterocycles. The van der Waals surface area contributed by atoms with Crippen LogP contribution in [-0.2, 0) is 15.7 Å². The van der Waals surface area contributed by atoms with E-state index >= 15 is 0 Å². The van der Waals surface area contributed by atoms with E-state index in [4.69, 9.17) is 17.3 Å². The van der Waals surface area contributed by atoms with Gasteiger partial charge < -0.3 is 10.5 Å². The third-order valence-corrected chi connectivity index (χ3v) is 3.48. The van der Waals surface area contributed by atoms with Crippen molar-refractivity contribution in [2.75, 3.05) is 7.11 Å². The minimum atomic E-state index is -4.71. The van der Waals surface area contributed by atoms with Crippen molar-refractivity contribution >= 4 is 30.0 Å². The highest BCUT2D eigenvalue weighted by Crippen LogP contribution is 2.39. The summed E-state index contributed by atoms with van der Waals surface area (Å²) in [6.07, 6.45) is -4.71. The Morgan fingerprint density at radius 2 is 1.82 bits per heavy atom. The zero-order valence-electron chi connectivity index (χ0n) is 11.9. The van der Waals surface area contributed by atoms with Gasteiger partial charge in [-0.15, -0.1) is 12.4 Å². The molecule has 22 heavy (non-hydrogen) atoms. The van der Waals surface area contributed by atoms with Crippen LogP contribution in [0.15, 0.2) is 12.1 Å². The molecule has 1 rings (SSSR count). The minimum Gasteiger partial charge on any atom is -0.469 e. The van der Waals surface area contributed by atoms with Gasteiger partial charge in [-0.05, 0) is 26.0 Å². The van der Waals surface area contributed by atoms with Gasteiger partial charge in [0.05, 0.1) is 23.1 Å². The topological polar surface area (TPSA) is 52.3 Å². The van der Waals surface area contributed by atoms with E-state index in [9.17, 15) is 22.4 Å². The van der Waals surface area contributed by atoms with Gasteiger partial charge in [-0.2, -0.15) is 13.2 Å². The van der Waals surface area contributed by atoms with Gasteiger partial charge in [0.2, 0.25) is 0 Å². The van der Waals surface area contributed by atoms with Crippen LogP contribution in [-0.4, -0.2) is 13.1 Å². The second kappa shape index (κ2) is 7.02. The van der Waals surface area contributed by atoms with Gasteiger partial charge >= 0.3 is 12.1 Å². The molecule has 0 aromatic heterocycles. The summed E-state index contributed by atoms with van der Waals surface area (Å²) in [5.74, 6) is -1.86. The van der Waals surface area contributed by atoms with E-state index in [0.717, 1.165) is 7.11 Å². The molecule has 0 radical (unpaired) electrons. The number of methoxy groups -OCH3 is 1. The predicted molar refractivity (Wildman–Crippen MR) is 76.4 cm³/mol. The summed E-state index contributed by atoms with van der Waals surface area (Å²) in [5.41, 5.74) is 2.70. The van der Waals surface area contributed by atoms with Crippen LogP contribution in [0.1, 0.15) is 31.0 Å². The number of rotatable bonds is 3. The molecule has 0 bridgehead atoms. The van der Waals surface area contributed by atoms with E-state index < -0.39 is 45.6 Å². The fourth-order valence-electron chi connectivity index (χ4n) is 1.78.